The number of benzene rings is 3. The first-order valence-corrected chi connectivity index (χ1v) is 9.99. The van der Waals surface area contributed by atoms with Crippen LogP contribution in [0, 0.1) is 6.92 Å². The molecule has 0 saturated carbocycles. The summed E-state index contributed by atoms with van der Waals surface area (Å²) in [7, 11) is 0. The molecule has 0 bridgehead atoms. The summed E-state index contributed by atoms with van der Waals surface area (Å²) in [5.74, 6) is 0.591. The summed E-state index contributed by atoms with van der Waals surface area (Å²) in [5.41, 5.74) is 3.91. The molecule has 5 rings (SSSR count). The van der Waals surface area contributed by atoms with E-state index in [1.807, 2.05) is 67.6 Å². The van der Waals surface area contributed by atoms with Gasteiger partial charge in [0.15, 0.2) is 11.5 Å². The van der Waals surface area contributed by atoms with Gasteiger partial charge in [-0.1, -0.05) is 54.6 Å². The van der Waals surface area contributed by atoms with Gasteiger partial charge in [-0.3, -0.25) is 14.5 Å². The lowest BCUT2D eigenvalue weighted by Crippen LogP contribution is -2.32. The van der Waals surface area contributed by atoms with Crippen LogP contribution in [-0.2, 0) is 16.1 Å². The van der Waals surface area contributed by atoms with Gasteiger partial charge >= 0.3 is 0 Å². The van der Waals surface area contributed by atoms with Crippen LogP contribution in [0.3, 0.4) is 0 Å². The second-order valence-electron chi connectivity index (χ2n) is 7.44. The third-order valence-electron chi connectivity index (χ3n) is 5.41. The molecule has 1 N–H and O–H groups in total. The molecule has 0 radical (unpaired) electrons. The lowest BCUT2D eigenvalue weighted by molar-refractivity contribution is -0.137. The van der Waals surface area contributed by atoms with Gasteiger partial charge in [-0.2, -0.15) is 0 Å². The molecule has 31 heavy (non-hydrogen) atoms. The van der Waals surface area contributed by atoms with Crippen molar-refractivity contribution < 1.29 is 19.1 Å². The summed E-state index contributed by atoms with van der Waals surface area (Å²) in [5, 5.41) is 3.22. The van der Waals surface area contributed by atoms with Gasteiger partial charge in [0.05, 0.1) is 12.1 Å². The maximum absolute atomic E-state index is 13.4. The Balaban J connectivity index is 1.51. The van der Waals surface area contributed by atoms with Gasteiger partial charge in [0, 0.05) is 5.69 Å². The number of imide groups is 1. The average molecular weight is 412 g/mol. The number of fused-ring (bicyclic) bond motifs is 1. The molecule has 2 aliphatic rings. The van der Waals surface area contributed by atoms with Gasteiger partial charge < -0.3 is 14.8 Å². The van der Waals surface area contributed by atoms with Crippen LogP contribution in [0.25, 0.3) is 5.57 Å². The monoisotopic (exact) mass is 412 g/mol. The second kappa shape index (κ2) is 7.65. The summed E-state index contributed by atoms with van der Waals surface area (Å²) >= 11 is 0. The van der Waals surface area contributed by atoms with E-state index >= 15 is 0 Å². The number of anilines is 1. The van der Waals surface area contributed by atoms with E-state index in [0.29, 0.717) is 22.6 Å². The van der Waals surface area contributed by atoms with Gasteiger partial charge in [0.25, 0.3) is 11.8 Å². The lowest BCUT2D eigenvalue weighted by Gasteiger charge is -2.16. The van der Waals surface area contributed by atoms with Gasteiger partial charge in [0.1, 0.15) is 5.70 Å². The molecule has 2 amide bonds. The molecule has 0 aliphatic carbocycles. The number of ether oxygens (including phenoxy) is 2. The first-order chi connectivity index (χ1) is 15.1. The van der Waals surface area contributed by atoms with Crippen LogP contribution >= 0.6 is 0 Å². The number of hydrogen-bond acceptors (Lipinski definition) is 5. The van der Waals surface area contributed by atoms with Crippen molar-refractivity contribution in [2.75, 3.05) is 12.1 Å². The normalized spacial score (nSPS) is 15.1. The highest BCUT2D eigenvalue weighted by atomic mass is 16.7. The number of carbonyl (C=O) groups excluding carboxylic acids is 2. The van der Waals surface area contributed by atoms with Crippen molar-refractivity contribution >= 4 is 23.1 Å². The Morgan fingerprint density at radius 2 is 1.61 bits per heavy atom. The zero-order chi connectivity index (χ0) is 21.4. The Morgan fingerprint density at radius 1 is 0.871 bits per heavy atom. The molecule has 3 aromatic rings. The minimum Gasteiger partial charge on any atom is -0.454 e. The first kappa shape index (κ1) is 18.9. The minimum atomic E-state index is -0.357. The predicted octanol–water partition coefficient (Wildman–Crippen LogP) is 4.12. The quantitative estimate of drug-likeness (QED) is 0.639. The Bertz CT molecular complexity index is 1220. The summed E-state index contributed by atoms with van der Waals surface area (Å²) in [6.45, 7) is 2.27. The molecule has 0 aromatic heterocycles. The molecule has 154 valence electrons. The zero-order valence-electron chi connectivity index (χ0n) is 16.9. The summed E-state index contributed by atoms with van der Waals surface area (Å²) < 4.78 is 10.8. The number of carbonyl (C=O) groups is 2. The molecular weight excluding hydrogens is 392 g/mol. The van der Waals surface area contributed by atoms with Crippen molar-refractivity contribution in [2.24, 2.45) is 0 Å². The fourth-order valence-corrected chi connectivity index (χ4v) is 3.78. The molecule has 0 atom stereocenters. The van der Waals surface area contributed by atoms with Crippen LogP contribution in [0.2, 0.25) is 0 Å². The van der Waals surface area contributed by atoms with E-state index in [2.05, 4.69) is 5.32 Å². The second-order valence-corrected chi connectivity index (χ2v) is 7.44. The number of para-hydroxylation sites is 1. The Hall–Kier alpha value is -4.06. The average Bonchev–Trinajstić information content (AvgIpc) is 3.34. The lowest BCUT2D eigenvalue weighted by atomic mass is 10.0. The van der Waals surface area contributed by atoms with Crippen LogP contribution in [0.1, 0.15) is 16.7 Å². The molecule has 2 aliphatic heterocycles. The van der Waals surface area contributed by atoms with Crippen LogP contribution < -0.4 is 14.8 Å². The van der Waals surface area contributed by atoms with Crippen LogP contribution in [-0.4, -0.2) is 23.5 Å². The number of amides is 2. The van der Waals surface area contributed by atoms with Crippen LogP contribution in [0.15, 0.2) is 78.5 Å². The third kappa shape index (κ3) is 3.42. The topological polar surface area (TPSA) is 67.9 Å². The van der Waals surface area contributed by atoms with E-state index < -0.39 is 0 Å². The van der Waals surface area contributed by atoms with Crippen LogP contribution in [0.4, 0.5) is 5.69 Å². The number of rotatable bonds is 5. The maximum Gasteiger partial charge on any atom is 0.278 e. The van der Waals surface area contributed by atoms with Crippen molar-refractivity contribution in [3.63, 3.8) is 0 Å². The highest BCUT2D eigenvalue weighted by molar-refractivity contribution is 6.36. The van der Waals surface area contributed by atoms with Gasteiger partial charge in [-0.15, -0.1) is 0 Å². The summed E-state index contributed by atoms with van der Waals surface area (Å²) in [6.07, 6.45) is 0. The Labute approximate surface area is 179 Å². The summed E-state index contributed by atoms with van der Waals surface area (Å²) in [6, 6.07) is 22.4. The molecule has 3 aromatic carbocycles. The number of nitrogens with one attached hydrogen (secondary N) is 1. The minimum absolute atomic E-state index is 0.142. The molecule has 6 heteroatoms. The van der Waals surface area contributed by atoms with E-state index in [0.717, 1.165) is 16.8 Å². The van der Waals surface area contributed by atoms with Gasteiger partial charge in [0.2, 0.25) is 6.79 Å². The van der Waals surface area contributed by atoms with Crippen LogP contribution in [0.5, 0.6) is 11.5 Å². The van der Waals surface area contributed by atoms with E-state index in [-0.39, 0.29) is 30.8 Å². The van der Waals surface area contributed by atoms with E-state index in [1.54, 1.807) is 12.1 Å². The SMILES string of the molecule is Cc1ccccc1NC1=C(c2ccccc2)C(=O)N(Cc2ccc3c(c2)OCO3)C1=O. The zero-order valence-corrected chi connectivity index (χ0v) is 16.9. The number of nitrogens with zero attached hydrogens (tertiary/aromatic N) is 1. The Kier molecular flexibility index (Phi) is 4.67. The Morgan fingerprint density at radius 3 is 2.42 bits per heavy atom. The molecule has 0 fully saturated rings. The van der Waals surface area contributed by atoms with Crippen molar-refractivity contribution in [2.45, 2.75) is 13.5 Å². The highest BCUT2D eigenvalue weighted by Gasteiger charge is 2.39. The molecular formula is C25H20N2O4. The van der Waals surface area contributed by atoms with Crippen molar-refractivity contribution in [1.29, 1.82) is 0 Å². The fraction of sp³-hybridized carbons (Fsp3) is 0.120. The first-order valence-electron chi connectivity index (χ1n) is 9.99. The van der Waals surface area contributed by atoms with Crippen molar-refractivity contribution in [3.8, 4) is 11.5 Å². The van der Waals surface area contributed by atoms with Crippen molar-refractivity contribution in [1.82, 2.24) is 4.90 Å². The molecule has 6 nitrogen and oxygen atoms in total. The molecule has 0 saturated heterocycles. The largest absolute Gasteiger partial charge is 0.454 e. The smallest absolute Gasteiger partial charge is 0.278 e. The maximum atomic E-state index is 13.4. The van der Waals surface area contributed by atoms with Crippen molar-refractivity contribution in [3.05, 3.63) is 95.2 Å². The third-order valence-corrected chi connectivity index (χ3v) is 5.41. The molecule has 0 spiro atoms. The van der Waals surface area contributed by atoms with Gasteiger partial charge in [-0.25, -0.2) is 0 Å². The number of hydrogen-bond donors (Lipinski definition) is 1. The molecule has 0 unspecified atom stereocenters. The summed E-state index contributed by atoms with van der Waals surface area (Å²) in [4.78, 5) is 28.0. The highest BCUT2D eigenvalue weighted by Crippen LogP contribution is 2.35. The standard InChI is InChI=1S/C25H20N2O4/c1-16-7-5-6-10-19(16)26-23-22(18-8-3-2-4-9-18)24(28)27(25(23)29)14-17-11-12-20-21(13-17)31-15-30-20/h2-13,26H,14-15H2,1H3. The van der Waals surface area contributed by atoms with E-state index in [9.17, 15) is 9.59 Å². The number of aryl methyl sites for hydroxylation is 1. The van der Waals surface area contributed by atoms with E-state index in [4.69, 9.17) is 9.47 Å². The predicted molar refractivity (Wildman–Crippen MR) is 116 cm³/mol. The van der Waals surface area contributed by atoms with Gasteiger partial charge in [-0.05, 0) is 41.8 Å². The molecule has 2 heterocycles. The fourth-order valence-electron chi connectivity index (χ4n) is 3.78. The van der Waals surface area contributed by atoms with E-state index in [1.165, 1.54) is 4.90 Å².